The van der Waals surface area contributed by atoms with Crippen LogP contribution < -0.4 is 5.32 Å². The molecule has 4 nitrogen and oxygen atoms in total. The molecule has 1 aromatic carbocycles. The largest absolute Gasteiger partial charge is 0.377 e. The second-order valence-corrected chi connectivity index (χ2v) is 6.30. The molecule has 5 heteroatoms. The number of benzene rings is 1. The van der Waals surface area contributed by atoms with Crippen LogP contribution in [-0.2, 0) is 22.6 Å². The van der Waals surface area contributed by atoms with E-state index in [1.807, 2.05) is 0 Å². The Morgan fingerprint density at radius 3 is 2.43 bits per heavy atom. The van der Waals surface area contributed by atoms with Crippen LogP contribution in [0.5, 0.6) is 0 Å². The molecule has 1 aromatic rings. The van der Waals surface area contributed by atoms with Gasteiger partial charge in [0, 0.05) is 44.9 Å². The van der Waals surface area contributed by atoms with E-state index in [0.29, 0.717) is 0 Å². The molecule has 0 radical (unpaired) electrons. The summed E-state index contributed by atoms with van der Waals surface area (Å²) >= 11 is 3.69. The van der Waals surface area contributed by atoms with E-state index in [2.05, 4.69) is 51.3 Å². The Balaban J connectivity index is 1.97. The topological polar surface area (TPSA) is 33.7 Å². The Kier molecular flexibility index (Phi) is 6.64. The Hall–Kier alpha value is -0.460. The highest BCUT2D eigenvalue weighted by atomic mass is 79.9. The zero-order valence-electron chi connectivity index (χ0n) is 13.1. The predicted molar refractivity (Wildman–Crippen MR) is 88.4 cm³/mol. The van der Waals surface area contributed by atoms with Crippen molar-refractivity contribution in [2.45, 2.75) is 32.2 Å². The minimum Gasteiger partial charge on any atom is -0.377 e. The lowest BCUT2D eigenvalue weighted by atomic mass is 10.1. The van der Waals surface area contributed by atoms with Crippen molar-refractivity contribution in [2.24, 2.45) is 0 Å². The Labute approximate surface area is 135 Å². The lowest BCUT2D eigenvalue weighted by molar-refractivity contribution is -0.00461. The number of halogens is 1. The van der Waals surface area contributed by atoms with E-state index in [9.17, 15) is 0 Å². The molecule has 2 atom stereocenters. The summed E-state index contributed by atoms with van der Waals surface area (Å²) in [7, 11) is 3.51. The molecular formula is C16H25BrN2O2. The van der Waals surface area contributed by atoms with Crippen molar-refractivity contribution < 1.29 is 9.47 Å². The molecule has 0 bridgehead atoms. The van der Waals surface area contributed by atoms with Gasteiger partial charge in [-0.25, -0.2) is 0 Å². The maximum Gasteiger partial charge on any atom is 0.0971 e. The Morgan fingerprint density at radius 2 is 1.90 bits per heavy atom. The first-order chi connectivity index (χ1) is 10.2. The second kappa shape index (κ2) is 8.25. The third-order valence-electron chi connectivity index (χ3n) is 3.99. The van der Waals surface area contributed by atoms with Crippen LogP contribution in [0, 0.1) is 0 Å². The standard InChI is InChI=1S/C16H25BrN2O2/c1-4-18-8-12-5-6-13(14(17)7-12)9-19-10-15(20-2)16(11-19)21-3/h5-7,15-16,18H,4,8-11H2,1-3H3. The summed E-state index contributed by atoms with van der Waals surface area (Å²) in [5.74, 6) is 0. The first-order valence-electron chi connectivity index (χ1n) is 7.43. The van der Waals surface area contributed by atoms with E-state index in [4.69, 9.17) is 9.47 Å². The third kappa shape index (κ3) is 4.50. The molecule has 0 aliphatic carbocycles. The average Bonchev–Trinajstić information content (AvgIpc) is 2.89. The molecule has 0 amide bonds. The van der Waals surface area contributed by atoms with Gasteiger partial charge in [0.25, 0.3) is 0 Å². The highest BCUT2D eigenvalue weighted by Gasteiger charge is 2.32. The smallest absolute Gasteiger partial charge is 0.0971 e. The van der Waals surface area contributed by atoms with Gasteiger partial charge in [-0.1, -0.05) is 35.0 Å². The fourth-order valence-corrected chi connectivity index (χ4v) is 3.29. The van der Waals surface area contributed by atoms with Gasteiger partial charge in [-0.05, 0) is 23.7 Å². The summed E-state index contributed by atoms with van der Waals surface area (Å²) in [6, 6.07) is 6.61. The van der Waals surface area contributed by atoms with Gasteiger partial charge in [0.15, 0.2) is 0 Å². The average molecular weight is 357 g/mol. The maximum atomic E-state index is 5.49. The van der Waals surface area contributed by atoms with Crippen molar-refractivity contribution in [1.29, 1.82) is 0 Å². The molecule has 2 unspecified atom stereocenters. The highest BCUT2D eigenvalue weighted by Crippen LogP contribution is 2.23. The minimum absolute atomic E-state index is 0.168. The van der Waals surface area contributed by atoms with E-state index in [0.717, 1.165) is 32.7 Å². The molecule has 1 heterocycles. The summed E-state index contributed by atoms with van der Waals surface area (Å²) in [4.78, 5) is 2.38. The molecule has 2 rings (SSSR count). The predicted octanol–water partition coefficient (Wildman–Crippen LogP) is 2.40. The Morgan fingerprint density at radius 1 is 1.24 bits per heavy atom. The normalized spacial score (nSPS) is 22.9. The van der Waals surface area contributed by atoms with Crippen molar-refractivity contribution >= 4 is 15.9 Å². The number of hydrogen-bond acceptors (Lipinski definition) is 4. The van der Waals surface area contributed by atoms with Crippen LogP contribution in [0.3, 0.4) is 0 Å². The number of rotatable bonds is 7. The second-order valence-electron chi connectivity index (χ2n) is 5.45. The van der Waals surface area contributed by atoms with E-state index in [1.165, 1.54) is 15.6 Å². The molecule has 1 aliphatic rings. The third-order valence-corrected chi connectivity index (χ3v) is 4.73. The van der Waals surface area contributed by atoms with Crippen LogP contribution >= 0.6 is 15.9 Å². The van der Waals surface area contributed by atoms with Crippen LogP contribution in [0.2, 0.25) is 0 Å². The molecule has 1 fully saturated rings. The van der Waals surface area contributed by atoms with Gasteiger partial charge in [0.1, 0.15) is 0 Å². The molecule has 1 N–H and O–H groups in total. The lowest BCUT2D eigenvalue weighted by Crippen LogP contribution is -2.27. The van der Waals surface area contributed by atoms with Crippen molar-refractivity contribution in [3.8, 4) is 0 Å². The van der Waals surface area contributed by atoms with Crippen molar-refractivity contribution in [1.82, 2.24) is 10.2 Å². The zero-order valence-corrected chi connectivity index (χ0v) is 14.6. The number of ether oxygens (including phenoxy) is 2. The summed E-state index contributed by atoms with van der Waals surface area (Å²) < 4.78 is 12.2. The number of methoxy groups -OCH3 is 2. The van der Waals surface area contributed by atoms with Crippen LogP contribution in [0.1, 0.15) is 18.1 Å². The fraction of sp³-hybridized carbons (Fsp3) is 0.625. The van der Waals surface area contributed by atoms with Crippen LogP contribution in [0.25, 0.3) is 0 Å². The molecule has 0 saturated carbocycles. The van der Waals surface area contributed by atoms with Gasteiger partial charge in [-0.15, -0.1) is 0 Å². The van der Waals surface area contributed by atoms with Crippen LogP contribution in [0.15, 0.2) is 22.7 Å². The lowest BCUT2D eigenvalue weighted by Gasteiger charge is -2.17. The number of nitrogens with one attached hydrogen (secondary N) is 1. The quantitative estimate of drug-likeness (QED) is 0.813. The van der Waals surface area contributed by atoms with Gasteiger partial charge in [0.05, 0.1) is 12.2 Å². The summed E-state index contributed by atoms with van der Waals surface area (Å²) in [6.07, 6.45) is 0.337. The molecule has 118 valence electrons. The maximum absolute atomic E-state index is 5.49. The molecule has 1 saturated heterocycles. The monoisotopic (exact) mass is 356 g/mol. The number of nitrogens with zero attached hydrogens (tertiary/aromatic N) is 1. The van der Waals surface area contributed by atoms with Crippen molar-refractivity contribution in [3.05, 3.63) is 33.8 Å². The summed E-state index contributed by atoms with van der Waals surface area (Å²) in [6.45, 7) is 6.78. The van der Waals surface area contributed by atoms with Gasteiger partial charge in [-0.2, -0.15) is 0 Å². The van der Waals surface area contributed by atoms with Gasteiger partial charge >= 0.3 is 0 Å². The van der Waals surface area contributed by atoms with Gasteiger partial charge < -0.3 is 14.8 Å². The van der Waals surface area contributed by atoms with E-state index in [1.54, 1.807) is 14.2 Å². The first-order valence-corrected chi connectivity index (χ1v) is 8.23. The molecule has 0 spiro atoms. The summed E-state index contributed by atoms with van der Waals surface area (Å²) in [5.41, 5.74) is 2.61. The molecular weight excluding hydrogens is 332 g/mol. The molecule has 1 aliphatic heterocycles. The van der Waals surface area contributed by atoms with E-state index in [-0.39, 0.29) is 12.2 Å². The van der Waals surface area contributed by atoms with E-state index < -0.39 is 0 Å². The zero-order chi connectivity index (χ0) is 15.2. The first kappa shape index (κ1) is 16.9. The SMILES string of the molecule is CCNCc1ccc(CN2CC(OC)C(OC)C2)c(Br)c1. The number of hydrogen-bond donors (Lipinski definition) is 1. The number of likely N-dealkylation sites (tertiary alicyclic amines) is 1. The van der Waals surface area contributed by atoms with Crippen molar-refractivity contribution in [3.63, 3.8) is 0 Å². The van der Waals surface area contributed by atoms with Gasteiger partial charge in [-0.3, -0.25) is 4.90 Å². The molecule has 21 heavy (non-hydrogen) atoms. The van der Waals surface area contributed by atoms with Crippen molar-refractivity contribution in [2.75, 3.05) is 33.9 Å². The van der Waals surface area contributed by atoms with Crippen LogP contribution in [0.4, 0.5) is 0 Å². The minimum atomic E-state index is 0.168. The Bertz CT molecular complexity index is 444. The van der Waals surface area contributed by atoms with Crippen LogP contribution in [-0.4, -0.2) is 51.0 Å². The molecule has 0 aromatic heterocycles. The highest BCUT2D eigenvalue weighted by molar-refractivity contribution is 9.10. The van der Waals surface area contributed by atoms with Gasteiger partial charge in [0.2, 0.25) is 0 Å². The summed E-state index contributed by atoms with van der Waals surface area (Å²) in [5, 5.41) is 3.35. The van der Waals surface area contributed by atoms with E-state index >= 15 is 0 Å². The fourth-order valence-electron chi connectivity index (χ4n) is 2.74.